The lowest BCUT2D eigenvalue weighted by molar-refractivity contribution is -0.384. The van der Waals surface area contributed by atoms with Crippen molar-refractivity contribution in [3.8, 4) is 6.07 Å². The lowest BCUT2D eigenvalue weighted by Gasteiger charge is -2.29. The van der Waals surface area contributed by atoms with E-state index in [2.05, 4.69) is 12.2 Å². The molecule has 2 saturated carbocycles. The molecule has 0 heterocycles. The minimum atomic E-state index is -0.392. The maximum atomic E-state index is 11.1. The molecule has 0 amide bonds. The maximum absolute atomic E-state index is 11.1. The Kier molecular flexibility index (Phi) is 3.54. The zero-order valence-electron chi connectivity index (χ0n) is 12.1. The third-order valence-corrected chi connectivity index (χ3v) is 5.14. The molecule has 3 rings (SSSR count). The van der Waals surface area contributed by atoms with Gasteiger partial charge in [-0.25, -0.2) is 0 Å². The number of anilines is 1. The van der Waals surface area contributed by atoms with E-state index in [0.29, 0.717) is 17.2 Å². The molecular formula is C16H19N3O2. The van der Waals surface area contributed by atoms with Crippen molar-refractivity contribution in [2.45, 2.75) is 38.6 Å². The first-order chi connectivity index (χ1) is 10.1. The van der Waals surface area contributed by atoms with E-state index in [1.807, 2.05) is 6.07 Å². The first kappa shape index (κ1) is 13.9. The van der Waals surface area contributed by atoms with Gasteiger partial charge in [-0.3, -0.25) is 10.1 Å². The third-order valence-electron chi connectivity index (χ3n) is 5.14. The number of benzene rings is 1. The molecule has 4 atom stereocenters. The third kappa shape index (κ3) is 2.58. The molecule has 5 nitrogen and oxygen atoms in total. The van der Waals surface area contributed by atoms with Gasteiger partial charge in [0, 0.05) is 12.1 Å². The number of hydrogen-bond donors (Lipinski definition) is 1. The smallest absolute Gasteiger partial charge is 0.292 e. The molecule has 0 radical (unpaired) electrons. The predicted molar refractivity (Wildman–Crippen MR) is 79.8 cm³/mol. The highest BCUT2D eigenvalue weighted by Crippen LogP contribution is 2.50. The van der Waals surface area contributed by atoms with E-state index in [9.17, 15) is 10.1 Å². The molecule has 5 heteroatoms. The van der Waals surface area contributed by atoms with Gasteiger partial charge in [-0.15, -0.1) is 0 Å². The summed E-state index contributed by atoms with van der Waals surface area (Å²) in [5, 5.41) is 23.4. The van der Waals surface area contributed by atoms with Crippen molar-refractivity contribution in [1.29, 1.82) is 5.26 Å². The second kappa shape index (κ2) is 5.36. The van der Waals surface area contributed by atoms with Crippen LogP contribution in [0.15, 0.2) is 18.2 Å². The van der Waals surface area contributed by atoms with Crippen LogP contribution in [0.1, 0.15) is 38.2 Å². The highest BCUT2D eigenvalue weighted by Gasteiger charge is 2.42. The number of nitrogens with zero attached hydrogens (tertiary/aromatic N) is 2. The van der Waals surface area contributed by atoms with Crippen molar-refractivity contribution >= 4 is 11.4 Å². The average molecular weight is 285 g/mol. The van der Waals surface area contributed by atoms with Gasteiger partial charge >= 0.3 is 0 Å². The van der Waals surface area contributed by atoms with Crippen LogP contribution in [-0.4, -0.2) is 11.0 Å². The molecule has 4 unspecified atom stereocenters. The van der Waals surface area contributed by atoms with Crippen LogP contribution in [0.5, 0.6) is 0 Å². The zero-order chi connectivity index (χ0) is 15.0. The highest BCUT2D eigenvalue weighted by atomic mass is 16.6. The minimum Gasteiger partial charge on any atom is -0.377 e. The molecule has 1 aromatic carbocycles. The molecule has 0 aromatic heterocycles. The van der Waals surface area contributed by atoms with Gasteiger partial charge in [0.15, 0.2) is 0 Å². The second-order valence-corrected chi connectivity index (χ2v) is 6.37. The first-order valence-electron chi connectivity index (χ1n) is 7.53. The Bertz CT molecular complexity index is 608. The van der Waals surface area contributed by atoms with Crippen molar-refractivity contribution in [1.82, 2.24) is 0 Å². The SMILES string of the molecule is CC(Nc1cc(C#N)ccc1[N+](=O)[O-])C1CC2CCC1C2. The van der Waals surface area contributed by atoms with Crippen molar-refractivity contribution in [2.24, 2.45) is 17.8 Å². The number of nitriles is 1. The van der Waals surface area contributed by atoms with Crippen LogP contribution in [0.4, 0.5) is 11.4 Å². The molecule has 1 aromatic rings. The number of hydrogen-bond acceptors (Lipinski definition) is 4. The van der Waals surface area contributed by atoms with E-state index in [1.54, 1.807) is 6.07 Å². The van der Waals surface area contributed by atoms with Crippen LogP contribution >= 0.6 is 0 Å². The number of nitro benzene ring substituents is 1. The zero-order valence-corrected chi connectivity index (χ0v) is 12.1. The summed E-state index contributed by atoms with van der Waals surface area (Å²) in [4.78, 5) is 10.7. The molecule has 0 aliphatic heterocycles. The van der Waals surface area contributed by atoms with E-state index >= 15 is 0 Å². The Morgan fingerprint density at radius 1 is 1.43 bits per heavy atom. The van der Waals surface area contributed by atoms with Gasteiger partial charge in [0.05, 0.1) is 16.6 Å². The topological polar surface area (TPSA) is 79.0 Å². The van der Waals surface area contributed by atoms with Crippen LogP contribution in [0.25, 0.3) is 0 Å². The van der Waals surface area contributed by atoms with E-state index in [0.717, 1.165) is 11.8 Å². The quantitative estimate of drug-likeness (QED) is 0.675. The largest absolute Gasteiger partial charge is 0.377 e. The van der Waals surface area contributed by atoms with Crippen molar-refractivity contribution in [2.75, 3.05) is 5.32 Å². The Morgan fingerprint density at radius 3 is 2.81 bits per heavy atom. The molecule has 0 saturated heterocycles. The standard InChI is InChI=1S/C16H19N3O2/c1-10(14-7-11-2-4-13(14)6-11)18-15-8-12(9-17)3-5-16(15)19(20)21/h3,5,8,10-11,13-14,18H,2,4,6-7H2,1H3. The van der Waals surface area contributed by atoms with Crippen molar-refractivity contribution in [3.63, 3.8) is 0 Å². The monoisotopic (exact) mass is 285 g/mol. The lowest BCUT2D eigenvalue weighted by atomic mass is 9.84. The van der Waals surface area contributed by atoms with Crippen LogP contribution in [0.3, 0.4) is 0 Å². The van der Waals surface area contributed by atoms with E-state index < -0.39 is 4.92 Å². The number of fused-ring (bicyclic) bond motifs is 2. The molecule has 21 heavy (non-hydrogen) atoms. The average Bonchev–Trinajstić information content (AvgIpc) is 3.09. The summed E-state index contributed by atoms with van der Waals surface area (Å²) in [6, 6.07) is 6.73. The summed E-state index contributed by atoms with van der Waals surface area (Å²) in [5.41, 5.74) is 0.960. The lowest BCUT2D eigenvalue weighted by Crippen LogP contribution is -2.30. The van der Waals surface area contributed by atoms with Crippen molar-refractivity contribution < 1.29 is 4.92 Å². The number of nitrogens with one attached hydrogen (secondary N) is 1. The van der Waals surface area contributed by atoms with Crippen LogP contribution in [-0.2, 0) is 0 Å². The summed E-state index contributed by atoms with van der Waals surface area (Å²) >= 11 is 0. The van der Waals surface area contributed by atoms with Crippen LogP contribution in [0, 0.1) is 39.2 Å². The van der Waals surface area contributed by atoms with E-state index in [4.69, 9.17) is 5.26 Å². The fourth-order valence-electron chi connectivity index (χ4n) is 4.14. The molecule has 2 fully saturated rings. The Morgan fingerprint density at radius 2 is 2.24 bits per heavy atom. The Balaban J connectivity index is 1.80. The molecule has 2 bridgehead atoms. The summed E-state index contributed by atoms with van der Waals surface area (Å²) < 4.78 is 0. The summed E-state index contributed by atoms with van der Waals surface area (Å²) in [5.74, 6) is 2.20. The molecule has 2 aliphatic carbocycles. The second-order valence-electron chi connectivity index (χ2n) is 6.37. The summed E-state index contributed by atoms with van der Waals surface area (Å²) in [6.07, 6.45) is 5.18. The van der Waals surface area contributed by atoms with Gasteiger partial charge < -0.3 is 5.32 Å². The first-order valence-corrected chi connectivity index (χ1v) is 7.53. The molecular weight excluding hydrogens is 266 g/mol. The summed E-state index contributed by atoms with van der Waals surface area (Å²) in [6.45, 7) is 2.11. The fraction of sp³-hybridized carbons (Fsp3) is 0.562. The Labute approximate surface area is 124 Å². The molecule has 0 spiro atoms. The molecule has 2 aliphatic rings. The minimum absolute atomic E-state index is 0.0454. The Hall–Kier alpha value is -2.09. The van der Waals surface area contributed by atoms with Crippen molar-refractivity contribution in [3.05, 3.63) is 33.9 Å². The van der Waals surface area contributed by atoms with Gasteiger partial charge in [0.25, 0.3) is 5.69 Å². The van der Waals surface area contributed by atoms with E-state index in [1.165, 1.54) is 37.8 Å². The summed E-state index contributed by atoms with van der Waals surface area (Å²) in [7, 11) is 0. The van der Waals surface area contributed by atoms with Gasteiger partial charge in [-0.05, 0) is 56.1 Å². The highest BCUT2D eigenvalue weighted by molar-refractivity contribution is 5.64. The fourth-order valence-corrected chi connectivity index (χ4v) is 4.14. The maximum Gasteiger partial charge on any atom is 0.292 e. The number of rotatable bonds is 4. The van der Waals surface area contributed by atoms with Crippen LogP contribution < -0.4 is 5.32 Å². The van der Waals surface area contributed by atoms with Gasteiger partial charge in [0.1, 0.15) is 5.69 Å². The molecule has 110 valence electrons. The van der Waals surface area contributed by atoms with Crippen LogP contribution in [0.2, 0.25) is 0 Å². The number of nitro groups is 1. The molecule has 1 N–H and O–H groups in total. The van der Waals surface area contributed by atoms with Gasteiger partial charge in [-0.1, -0.05) is 6.42 Å². The normalized spacial score (nSPS) is 28.1. The van der Waals surface area contributed by atoms with Gasteiger partial charge in [0.2, 0.25) is 0 Å². The van der Waals surface area contributed by atoms with Gasteiger partial charge in [-0.2, -0.15) is 5.26 Å². The van der Waals surface area contributed by atoms with E-state index in [-0.39, 0.29) is 11.7 Å². The predicted octanol–water partition coefficient (Wildman–Crippen LogP) is 3.70.